The maximum absolute atomic E-state index is 12.1. The number of Topliss-reactive ketones (excluding diaryl/α,β-unsaturated/α-hetero) is 1. The highest BCUT2D eigenvalue weighted by Crippen LogP contribution is 2.18. The van der Waals surface area contributed by atoms with Crippen LogP contribution in [0.1, 0.15) is 23.2 Å². The van der Waals surface area contributed by atoms with E-state index < -0.39 is 0 Å². The van der Waals surface area contributed by atoms with E-state index in [1.165, 1.54) is 0 Å². The summed E-state index contributed by atoms with van der Waals surface area (Å²) >= 11 is 0. The van der Waals surface area contributed by atoms with Crippen molar-refractivity contribution < 1.29 is 14.3 Å². The van der Waals surface area contributed by atoms with Crippen LogP contribution < -0.4 is 10.1 Å². The minimum absolute atomic E-state index is 0.00521. The zero-order chi connectivity index (χ0) is 14.5. The van der Waals surface area contributed by atoms with E-state index in [4.69, 9.17) is 4.74 Å². The van der Waals surface area contributed by atoms with Gasteiger partial charge in [0.1, 0.15) is 5.75 Å². The van der Waals surface area contributed by atoms with Crippen LogP contribution in [0.2, 0.25) is 0 Å². The predicted octanol–water partition coefficient (Wildman–Crippen LogP) is 1.09. The van der Waals surface area contributed by atoms with Crippen molar-refractivity contribution >= 4 is 11.7 Å². The third kappa shape index (κ3) is 4.35. The third-order valence-electron chi connectivity index (χ3n) is 3.18. The second-order valence-corrected chi connectivity index (χ2v) is 5.17. The van der Waals surface area contributed by atoms with Crippen LogP contribution in [0.4, 0.5) is 0 Å². The first-order valence-electron chi connectivity index (χ1n) is 6.73. The summed E-state index contributed by atoms with van der Waals surface area (Å²) in [5, 5.41) is 2.90. The summed E-state index contributed by atoms with van der Waals surface area (Å²) in [6, 6.07) is 7.34. The Labute approximate surface area is 118 Å². The Kier molecular flexibility index (Phi) is 4.74. The number of carbonyl (C=O) groups excluding carboxylic acids is 2. The fraction of sp³-hybridized carbons (Fsp3) is 0.467. The third-order valence-corrected chi connectivity index (χ3v) is 3.18. The highest BCUT2D eigenvalue weighted by molar-refractivity contribution is 5.97. The van der Waals surface area contributed by atoms with Crippen molar-refractivity contribution in [3.8, 4) is 5.75 Å². The van der Waals surface area contributed by atoms with Gasteiger partial charge in [-0.2, -0.15) is 0 Å². The summed E-state index contributed by atoms with van der Waals surface area (Å²) in [5.74, 6) is 0.700. The van der Waals surface area contributed by atoms with Crippen molar-refractivity contribution in [1.29, 1.82) is 0 Å². The average Bonchev–Trinajstić information content (AvgIpc) is 3.22. The van der Waals surface area contributed by atoms with Crippen LogP contribution in [-0.4, -0.2) is 49.9 Å². The lowest BCUT2D eigenvalue weighted by Crippen LogP contribution is -2.38. The zero-order valence-corrected chi connectivity index (χ0v) is 11.9. The van der Waals surface area contributed by atoms with Crippen molar-refractivity contribution in [2.75, 3.05) is 27.2 Å². The Morgan fingerprint density at radius 1 is 1.25 bits per heavy atom. The average molecular weight is 276 g/mol. The molecule has 1 saturated carbocycles. The summed E-state index contributed by atoms with van der Waals surface area (Å²) in [6.07, 6.45) is 2.14. The Morgan fingerprint density at radius 3 is 2.45 bits per heavy atom. The summed E-state index contributed by atoms with van der Waals surface area (Å²) in [5.41, 5.74) is 0.625. The first kappa shape index (κ1) is 14.5. The molecule has 1 aliphatic rings. The van der Waals surface area contributed by atoms with Gasteiger partial charge in [0.05, 0.1) is 20.2 Å². The lowest BCUT2D eigenvalue weighted by Gasteiger charge is -2.15. The van der Waals surface area contributed by atoms with Crippen LogP contribution >= 0.6 is 0 Å². The van der Waals surface area contributed by atoms with Gasteiger partial charge in [0.2, 0.25) is 5.91 Å². The van der Waals surface area contributed by atoms with Gasteiger partial charge in [0.15, 0.2) is 5.78 Å². The number of methoxy groups -OCH3 is 1. The van der Waals surface area contributed by atoms with E-state index in [1.54, 1.807) is 43.3 Å². The highest BCUT2D eigenvalue weighted by atomic mass is 16.5. The fourth-order valence-corrected chi connectivity index (χ4v) is 1.92. The summed E-state index contributed by atoms with van der Waals surface area (Å²) in [6.45, 7) is 0.475. The van der Waals surface area contributed by atoms with Gasteiger partial charge in [0.25, 0.3) is 0 Å². The minimum Gasteiger partial charge on any atom is -0.497 e. The number of amides is 1. The Hall–Kier alpha value is -1.88. The fourth-order valence-electron chi connectivity index (χ4n) is 1.92. The van der Waals surface area contributed by atoms with E-state index >= 15 is 0 Å². The molecule has 0 atom stereocenters. The molecule has 0 bridgehead atoms. The molecule has 0 unspecified atom stereocenters. The van der Waals surface area contributed by atoms with Crippen molar-refractivity contribution in [3.63, 3.8) is 0 Å². The number of benzene rings is 1. The Balaban J connectivity index is 1.81. The quantitative estimate of drug-likeness (QED) is 0.757. The maximum atomic E-state index is 12.1. The van der Waals surface area contributed by atoms with Crippen molar-refractivity contribution in [2.45, 2.75) is 18.9 Å². The number of hydrogen-bond acceptors (Lipinski definition) is 4. The minimum atomic E-state index is -0.0162. The maximum Gasteiger partial charge on any atom is 0.234 e. The number of ether oxygens (including phenoxy) is 1. The van der Waals surface area contributed by atoms with Gasteiger partial charge in [-0.05, 0) is 44.2 Å². The van der Waals surface area contributed by atoms with E-state index in [2.05, 4.69) is 5.32 Å². The molecule has 1 aromatic rings. The molecular formula is C15H20N2O3. The molecule has 20 heavy (non-hydrogen) atoms. The van der Waals surface area contributed by atoms with Crippen molar-refractivity contribution in [1.82, 2.24) is 10.2 Å². The van der Waals surface area contributed by atoms with Gasteiger partial charge >= 0.3 is 0 Å². The van der Waals surface area contributed by atoms with E-state index in [1.807, 2.05) is 0 Å². The number of carbonyl (C=O) groups is 2. The van der Waals surface area contributed by atoms with Gasteiger partial charge in [-0.25, -0.2) is 0 Å². The Morgan fingerprint density at radius 2 is 1.90 bits per heavy atom. The molecule has 0 spiro atoms. The van der Waals surface area contributed by atoms with Gasteiger partial charge in [0, 0.05) is 11.6 Å². The molecule has 1 aliphatic carbocycles. The van der Waals surface area contributed by atoms with E-state index in [-0.39, 0.29) is 24.8 Å². The first-order chi connectivity index (χ1) is 9.58. The molecule has 1 aromatic carbocycles. The molecule has 0 aliphatic heterocycles. The lowest BCUT2D eigenvalue weighted by atomic mass is 10.1. The molecule has 5 nitrogen and oxygen atoms in total. The van der Waals surface area contributed by atoms with E-state index in [9.17, 15) is 9.59 Å². The molecule has 5 heteroatoms. The second-order valence-electron chi connectivity index (χ2n) is 5.17. The summed E-state index contributed by atoms with van der Waals surface area (Å²) in [4.78, 5) is 25.4. The van der Waals surface area contributed by atoms with Gasteiger partial charge in [-0.3, -0.25) is 14.5 Å². The van der Waals surface area contributed by atoms with Crippen LogP contribution in [0.3, 0.4) is 0 Å². The SMILES string of the molecule is COc1ccc(C(=O)CN(C)CC(=O)NC2CC2)cc1. The normalized spacial score (nSPS) is 14.2. The summed E-state index contributed by atoms with van der Waals surface area (Å²) < 4.78 is 5.05. The van der Waals surface area contributed by atoms with E-state index in [0.29, 0.717) is 11.6 Å². The molecule has 108 valence electrons. The largest absolute Gasteiger partial charge is 0.497 e. The Bertz CT molecular complexity index is 480. The molecule has 0 heterocycles. The molecule has 0 saturated heterocycles. The van der Waals surface area contributed by atoms with E-state index in [0.717, 1.165) is 18.6 Å². The van der Waals surface area contributed by atoms with Crippen LogP contribution in [0.25, 0.3) is 0 Å². The molecule has 1 fully saturated rings. The molecular weight excluding hydrogens is 256 g/mol. The standard InChI is InChI=1S/C15H20N2O3/c1-17(10-15(19)16-12-5-6-12)9-14(18)11-3-7-13(20-2)8-4-11/h3-4,7-8,12H,5-6,9-10H2,1-2H3,(H,16,19). The van der Waals surface area contributed by atoms with Gasteiger partial charge in [-0.1, -0.05) is 0 Å². The van der Waals surface area contributed by atoms with Crippen LogP contribution in [0.5, 0.6) is 5.75 Å². The zero-order valence-electron chi connectivity index (χ0n) is 11.9. The predicted molar refractivity (Wildman–Crippen MR) is 76.0 cm³/mol. The number of nitrogens with zero attached hydrogens (tertiary/aromatic N) is 1. The number of likely N-dealkylation sites (N-methyl/N-ethyl adjacent to an activating group) is 1. The smallest absolute Gasteiger partial charge is 0.234 e. The number of rotatable bonds is 7. The number of ketones is 1. The summed E-state index contributed by atoms with van der Waals surface area (Å²) in [7, 11) is 3.36. The lowest BCUT2D eigenvalue weighted by molar-refractivity contribution is -0.121. The number of nitrogens with one attached hydrogen (secondary N) is 1. The molecule has 1 N–H and O–H groups in total. The van der Waals surface area contributed by atoms with Crippen LogP contribution in [-0.2, 0) is 4.79 Å². The monoisotopic (exact) mass is 276 g/mol. The number of hydrogen-bond donors (Lipinski definition) is 1. The van der Waals surface area contributed by atoms with Crippen molar-refractivity contribution in [2.24, 2.45) is 0 Å². The first-order valence-corrected chi connectivity index (χ1v) is 6.73. The van der Waals surface area contributed by atoms with Gasteiger partial charge < -0.3 is 10.1 Å². The highest BCUT2D eigenvalue weighted by Gasteiger charge is 2.23. The second kappa shape index (κ2) is 6.52. The molecule has 2 rings (SSSR count). The van der Waals surface area contributed by atoms with Crippen molar-refractivity contribution in [3.05, 3.63) is 29.8 Å². The van der Waals surface area contributed by atoms with Crippen LogP contribution in [0, 0.1) is 0 Å². The van der Waals surface area contributed by atoms with Crippen LogP contribution in [0.15, 0.2) is 24.3 Å². The molecule has 0 aromatic heterocycles. The molecule has 0 radical (unpaired) electrons. The molecule has 1 amide bonds. The van der Waals surface area contributed by atoms with Gasteiger partial charge in [-0.15, -0.1) is 0 Å². The topological polar surface area (TPSA) is 58.6 Å².